The second-order valence-corrected chi connectivity index (χ2v) is 10.2. The Kier molecular flexibility index (Phi) is 6.00. The molecule has 0 bridgehead atoms. The number of rotatable bonds is 6. The Balaban J connectivity index is 2.28. The number of alkyl carbamates (subject to hydrolysis) is 1. The number of carbonyl (C=O) groups excluding carboxylic acids is 1. The lowest BCUT2D eigenvalue weighted by molar-refractivity contribution is -0.167. The third kappa shape index (κ3) is 4.65. The largest absolute Gasteiger partial charge is 0.481 e. The predicted molar refractivity (Wildman–Crippen MR) is 103 cm³/mol. The number of fused-ring (bicyclic) bond motifs is 1. The van der Waals surface area contributed by atoms with E-state index in [9.17, 15) is 14.7 Å². The molecule has 0 aliphatic heterocycles. The minimum absolute atomic E-state index is 0.137. The van der Waals surface area contributed by atoms with Gasteiger partial charge in [0.1, 0.15) is 5.60 Å². The molecule has 2 N–H and O–H groups in total. The smallest absolute Gasteiger partial charge is 0.407 e. The van der Waals surface area contributed by atoms with E-state index in [1.54, 1.807) is 7.11 Å². The SMILES string of the molecule is COCC1=C[C@H]2[C@@H](C1)C[C@]2(CNC(=O)OC(C)(C)C)C(C(=O)O)C(C)(C)C. The minimum Gasteiger partial charge on any atom is -0.481 e. The highest BCUT2D eigenvalue weighted by molar-refractivity contribution is 5.73. The molecule has 1 amide bonds. The van der Waals surface area contributed by atoms with Crippen LogP contribution in [0.15, 0.2) is 11.6 Å². The van der Waals surface area contributed by atoms with Gasteiger partial charge in [-0.25, -0.2) is 4.79 Å². The van der Waals surface area contributed by atoms with Gasteiger partial charge in [0.15, 0.2) is 0 Å². The van der Waals surface area contributed by atoms with Crippen molar-refractivity contribution in [2.24, 2.45) is 28.6 Å². The molecule has 2 rings (SSSR count). The van der Waals surface area contributed by atoms with Gasteiger partial charge >= 0.3 is 12.1 Å². The van der Waals surface area contributed by atoms with Gasteiger partial charge in [0.05, 0.1) is 12.5 Å². The van der Waals surface area contributed by atoms with Crippen molar-refractivity contribution in [3.63, 3.8) is 0 Å². The molecule has 6 heteroatoms. The van der Waals surface area contributed by atoms with E-state index in [2.05, 4.69) is 11.4 Å². The van der Waals surface area contributed by atoms with Gasteiger partial charge in [0.2, 0.25) is 0 Å². The number of nitrogens with one attached hydrogen (secondary N) is 1. The predicted octanol–water partition coefficient (Wildman–Crippen LogP) is 3.86. The van der Waals surface area contributed by atoms with Crippen molar-refractivity contribution in [1.82, 2.24) is 5.32 Å². The average molecular weight is 382 g/mol. The van der Waals surface area contributed by atoms with Crippen molar-refractivity contribution < 1.29 is 24.2 Å². The second-order valence-electron chi connectivity index (χ2n) is 10.2. The third-order valence-electron chi connectivity index (χ3n) is 5.73. The number of carboxylic acid groups (broad SMARTS) is 1. The van der Waals surface area contributed by atoms with E-state index in [4.69, 9.17) is 9.47 Å². The molecule has 0 aromatic carbocycles. The van der Waals surface area contributed by atoms with Gasteiger partial charge in [-0.15, -0.1) is 0 Å². The fourth-order valence-electron chi connectivity index (χ4n) is 5.14. The number of ether oxygens (including phenoxy) is 2. The number of methoxy groups -OCH3 is 1. The van der Waals surface area contributed by atoms with E-state index in [1.807, 2.05) is 41.5 Å². The zero-order chi connectivity index (χ0) is 20.6. The lowest BCUT2D eigenvalue weighted by atomic mass is 9.46. The third-order valence-corrected chi connectivity index (χ3v) is 5.73. The van der Waals surface area contributed by atoms with Crippen molar-refractivity contribution in [1.29, 1.82) is 0 Å². The molecule has 2 aliphatic carbocycles. The summed E-state index contributed by atoms with van der Waals surface area (Å²) in [4.78, 5) is 24.5. The number of carboxylic acids is 1. The molecule has 4 atom stereocenters. The molecule has 1 fully saturated rings. The van der Waals surface area contributed by atoms with Gasteiger partial charge in [-0.05, 0) is 56.4 Å². The van der Waals surface area contributed by atoms with Crippen molar-refractivity contribution in [2.75, 3.05) is 20.3 Å². The van der Waals surface area contributed by atoms with Crippen LogP contribution in [-0.4, -0.2) is 43.0 Å². The Hall–Kier alpha value is -1.56. The molecule has 1 unspecified atom stereocenters. The average Bonchev–Trinajstić information content (AvgIpc) is 2.78. The molecule has 0 spiro atoms. The molecule has 0 aromatic rings. The summed E-state index contributed by atoms with van der Waals surface area (Å²) >= 11 is 0. The van der Waals surface area contributed by atoms with Crippen LogP contribution < -0.4 is 5.32 Å². The molecule has 0 aromatic heterocycles. The molecule has 154 valence electrons. The maximum Gasteiger partial charge on any atom is 0.407 e. The number of amides is 1. The Bertz CT molecular complexity index is 613. The van der Waals surface area contributed by atoms with Crippen LogP contribution >= 0.6 is 0 Å². The van der Waals surface area contributed by atoms with Crippen LogP contribution in [-0.2, 0) is 14.3 Å². The van der Waals surface area contributed by atoms with Gasteiger partial charge in [-0.3, -0.25) is 4.79 Å². The Morgan fingerprint density at radius 1 is 1.30 bits per heavy atom. The van der Waals surface area contributed by atoms with Crippen molar-refractivity contribution >= 4 is 12.1 Å². The summed E-state index contributed by atoms with van der Waals surface area (Å²) in [5, 5.41) is 12.9. The second kappa shape index (κ2) is 7.46. The van der Waals surface area contributed by atoms with Gasteiger partial charge in [-0.1, -0.05) is 26.8 Å². The Labute approximate surface area is 162 Å². The van der Waals surface area contributed by atoms with Crippen LogP contribution in [0.25, 0.3) is 0 Å². The quantitative estimate of drug-likeness (QED) is 0.683. The molecule has 2 aliphatic rings. The monoisotopic (exact) mass is 381 g/mol. The number of hydrogen-bond acceptors (Lipinski definition) is 4. The Morgan fingerprint density at radius 2 is 1.93 bits per heavy atom. The first-order valence-corrected chi connectivity index (χ1v) is 9.68. The fraction of sp³-hybridized carbons (Fsp3) is 0.810. The van der Waals surface area contributed by atoms with Gasteiger partial charge < -0.3 is 19.9 Å². The lowest BCUT2D eigenvalue weighted by Gasteiger charge is -2.58. The molecule has 6 nitrogen and oxygen atoms in total. The summed E-state index contributed by atoms with van der Waals surface area (Å²) in [6.07, 6.45) is 3.42. The van der Waals surface area contributed by atoms with Crippen LogP contribution in [0.3, 0.4) is 0 Å². The van der Waals surface area contributed by atoms with Crippen LogP contribution in [0.1, 0.15) is 54.4 Å². The number of carbonyl (C=O) groups is 2. The lowest BCUT2D eigenvalue weighted by Crippen LogP contribution is -2.61. The maximum absolute atomic E-state index is 12.3. The first kappa shape index (κ1) is 21.7. The van der Waals surface area contributed by atoms with Crippen LogP contribution in [0.5, 0.6) is 0 Å². The normalized spacial score (nSPS) is 28.6. The zero-order valence-electron chi connectivity index (χ0n) is 17.7. The maximum atomic E-state index is 12.3. The molecule has 27 heavy (non-hydrogen) atoms. The molecular formula is C21H35NO5. The summed E-state index contributed by atoms with van der Waals surface area (Å²) < 4.78 is 10.6. The van der Waals surface area contributed by atoms with E-state index >= 15 is 0 Å². The number of allylic oxidation sites excluding steroid dienone is 1. The first-order chi connectivity index (χ1) is 12.3. The van der Waals surface area contributed by atoms with Crippen molar-refractivity contribution in [3.8, 4) is 0 Å². The van der Waals surface area contributed by atoms with Gasteiger partial charge in [0, 0.05) is 19.1 Å². The summed E-state index contributed by atoms with van der Waals surface area (Å²) in [5.74, 6) is -0.808. The Morgan fingerprint density at radius 3 is 2.41 bits per heavy atom. The highest BCUT2D eigenvalue weighted by Crippen LogP contribution is 2.64. The van der Waals surface area contributed by atoms with Crippen molar-refractivity contribution in [2.45, 2.75) is 60.0 Å². The molecule has 0 heterocycles. The van der Waals surface area contributed by atoms with Crippen LogP contribution in [0, 0.1) is 28.6 Å². The van der Waals surface area contributed by atoms with Crippen LogP contribution in [0.4, 0.5) is 4.79 Å². The number of hydrogen-bond donors (Lipinski definition) is 2. The first-order valence-electron chi connectivity index (χ1n) is 9.68. The molecule has 1 saturated carbocycles. The van der Waals surface area contributed by atoms with E-state index in [0.717, 1.165) is 12.8 Å². The topological polar surface area (TPSA) is 84.9 Å². The molecule has 0 saturated heterocycles. The molecule has 0 radical (unpaired) electrons. The van der Waals surface area contributed by atoms with E-state index in [-0.39, 0.29) is 5.92 Å². The summed E-state index contributed by atoms with van der Waals surface area (Å²) in [7, 11) is 1.67. The van der Waals surface area contributed by atoms with E-state index < -0.39 is 34.4 Å². The van der Waals surface area contributed by atoms with Crippen molar-refractivity contribution in [3.05, 3.63) is 11.6 Å². The standard InChI is InChI=1S/C21H35NO5/c1-19(2,3)16(17(23)24)21(12-22-18(25)27-20(4,5)6)10-14-8-13(11-26-7)9-15(14)21/h9,14-16H,8,10-12H2,1-7H3,(H,22,25)(H,23,24)/t14-,15-,16?,21+/m0/s1. The minimum atomic E-state index is -0.805. The summed E-state index contributed by atoms with van der Waals surface area (Å²) in [6, 6.07) is 0. The zero-order valence-corrected chi connectivity index (χ0v) is 17.7. The highest BCUT2D eigenvalue weighted by Gasteiger charge is 2.63. The van der Waals surface area contributed by atoms with Gasteiger partial charge in [-0.2, -0.15) is 0 Å². The highest BCUT2D eigenvalue weighted by atomic mass is 16.6. The summed E-state index contributed by atoms with van der Waals surface area (Å²) in [5.41, 5.74) is -0.301. The fourth-order valence-corrected chi connectivity index (χ4v) is 5.14. The summed E-state index contributed by atoms with van der Waals surface area (Å²) in [6.45, 7) is 12.2. The van der Waals surface area contributed by atoms with E-state index in [1.165, 1.54) is 5.57 Å². The molecular weight excluding hydrogens is 346 g/mol. The number of aliphatic carboxylic acids is 1. The van der Waals surface area contributed by atoms with Gasteiger partial charge in [0.25, 0.3) is 0 Å². The van der Waals surface area contributed by atoms with Crippen LogP contribution in [0.2, 0.25) is 0 Å². The van der Waals surface area contributed by atoms with E-state index in [0.29, 0.717) is 19.1 Å².